The molecule has 3 rings (SSSR count). The molecule has 0 saturated carbocycles. The van der Waals surface area contributed by atoms with Crippen LogP contribution in [0.15, 0.2) is 30.3 Å². The van der Waals surface area contributed by atoms with Crippen molar-refractivity contribution in [2.75, 3.05) is 19.6 Å². The summed E-state index contributed by atoms with van der Waals surface area (Å²) in [6.07, 6.45) is 2.10. The largest absolute Gasteiger partial charge is 0.344 e. The van der Waals surface area contributed by atoms with Gasteiger partial charge in [0.2, 0.25) is 11.8 Å². The first kappa shape index (κ1) is 17.0. The second-order valence-corrected chi connectivity index (χ2v) is 6.81. The van der Waals surface area contributed by atoms with Gasteiger partial charge in [-0.05, 0) is 32.3 Å². The van der Waals surface area contributed by atoms with Crippen molar-refractivity contribution in [2.45, 2.75) is 51.2 Å². The van der Waals surface area contributed by atoms with Crippen LogP contribution in [-0.4, -0.2) is 53.3 Å². The minimum atomic E-state index is -0.321. The summed E-state index contributed by atoms with van der Waals surface area (Å²) < 4.78 is 0. The summed E-state index contributed by atoms with van der Waals surface area (Å²) in [6.45, 7) is 6.85. The Bertz CT molecular complexity index is 590. The lowest BCUT2D eigenvalue weighted by Gasteiger charge is -2.31. The second-order valence-electron chi connectivity index (χ2n) is 6.81. The van der Waals surface area contributed by atoms with Gasteiger partial charge in [-0.25, -0.2) is 0 Å². The number of likely N-dealkylation sites (N-methyl/N-ethyl adjacent to an activating group) is 1. The smallest absolute Gasteiger partial charge is 0.245 e. The highest BCUT2D eigenvalue weighted by Gasteiger charge is 2.36. The zero-order valence-corrected chi connectivity index (χ0v) is 14.6. The molecule has 5 nitrogen and oxygen atoms in total. The van der Waals surface area contributed by atoms with Crippen LogP contribution in [0.25, 0.3) is 0 Å². The number of benzene rings is 1. The van der Waals surface area contributed by atoms with E-state index < -0.39 is 0 Å². The van der Waals surface area contributed by atoms with Crippen LogP contribution in [0.4, 0.5) is 0 Å². The Balaban J connectivity index is 1.63. The highest BCUT2D eigenvalue weighted by Crippen LogP contribution is 2.27. The molecular weight excluding hydrogens is 302 g/mol. The number of hydrogen-bond donors (Lipinski definition) is 1. The van der Waals surface area contributed by atoms with Crippen molar-refractivity contribution < 1.29 is 9.59 Å². The Labute approximate surface area is 144 Å². The van der Waals surface area contributed by atoms with E-state index in [2.05, 4.69) is 41.4 Å². The van der Waals surface area contributed by atoms with Crippen LogP contribution in [-0.2, 0) is 9.59 Å². The minimum absolute atomic E-state index is 0.00449. The monoisotopic (exact) mass is 329 g/mol. The molecule has 5 heteroatoms. The molecule has 2 aliphatic heterocycles. The molecule has 0 spiro atoms. The van der Waals surface area contributed by atoms with Crippen molar-refractivity contribution >= 4 is 11.8 Å². The first-order chi connectivity index (χ1) is 11.6. The Kier molecular flexibility index (Phi) is 5.19. The van der Waals surface area contributed by atoms with E-state index in [0.29, 0.717) is 25.4 Å². The number of nitrogens with zero attached hydrogens (tertiary/aromatic N) is 2. The molecule has 2 aliphatic rings. The summed E-state index contributed by atoms with van der Waals surface area (Å²) in [4.78, 5) is 28.6. The van der Waals surface area contributed by atoms with E-state index in [4.69, 9.17) is 0 Å². The predicted octanol–water partition coefficient (Wildman–Crippen LogP) is 1.95. The maximum atomic E-state index is 12.7. The number of carbonyl (C=O) groups excluding carboxylic acids is 2. The molecule has 0 bridgehead atoms. The molecule has 2 fully saturated rings. The van der Waals surface area contributed by atoms with Crippen LogP contribution >= 0.6 is 0 Å². The van der Waals surface area contributed by atoms with Gasteiger partial charge >= 0.3 is 0 Å². The summed E-state index contributed by atoms with van der Waals surface area (Å²) in [5.41, 5.74) is 1.32. The molecule has 1 aromatic carbocycles. The molecule has 3 atom stereocenters. The lowest BCUT2D eigenvalue weighted by Crippen LogP contribution is -2.49. The Morgan fingerprint density at radius 3 is 2.71 bits per heavy atom. The van der Waals surface area contributed by atoms with Gasteiger partial charge in [0.15, 0.2) is 0 Å². The van der Waals surface area contributed by atoms with Gasteiger partial charge in [0, 0.05) is 38.1 Å². The SMILES string of the molecule is CCN(C(=O)[C@@H]1CCC(=O)N1)[C@@H]1CCN([C@H](C)c2ccccc2)C1. The normalized spacial score (nSPS) is 25.5. The fraction of sp³-hybridized carbons (Fsp3) is 0.579. The predicted molar refractivity (Wildman–Crippen MR) is 93.4 cm³/mol. The summed E-state index contributed by atoms with van der Waals surface area (Å²) >= 11 is 0. The van der Waals surface area contributed by atoms with Gasteiger partial charge in [-0.15, -0.1) is 0 Å². The summed E-state index contributed by atoms with van der Waals surface area (Å²) in [5, 5.41) is 2.81. The summed E-state index contributed by atoms with van der Waals surface area (Å²) in [5.74, 6) is 0.0812. The first-order valence-electron chi connectivity index (χ1n) is 8.99. The van der Waals surface area contributed by atoms with Crippen LogP contribution in [0.3, 0.4) is 0 Å². The van der Waals surface area contributed by atoms with Crippen molar-refractivity contribution in [3.8, 4) is 0 Å². The van der Waals surface area contributed by atoms with Crippen molar-refractivity contribution in [3.63, 3.8) is 0 Å². The molecule has 0 aromatic heterocycles. The maximum Gasteiger partial charge on any atom is 0.245 e. The number of amides is 2. The first-order valence-corrected chi connectivity index (χ1v) is 8.99. The quantitative estimate of drug-likeness (QED) is 0.898. The molecule has 130 valence electrons. The number of nitrogens with one attached hydrogen (secondary N) is 1. The maximum absolute atomic E-state index is 12.7. The van der Waals surface area contributed by atoms with Crippen LogP contribution < -0.4 is 5.32 Å². The molecule has 2 amide bonds. The van der Waals surface area contributed by atoms with Gasteiger partial charge in [-0.2, -0.15) is 0 Å². The van der Waals surface area contributed by atoms with Gasteiger partial charge in [0.05, 0.1) is 0 Å². The fourth-order valence-electron chi connectivity index (χ4n) is 3.91. The van der Waals surface area contributed by atoms with Gasteiger partial charge in [0.25, 0.3) is 0 Å². The number of hydrogen-bond acceptors (Lipinski definition) is 3. The highest BCUT2D eigenvalue weighted by atomic mass is 16.2. The van der Waals surface area contributed by atoms with Crippen molar-refractivity contribution in [3.05, 3.63) is 35.9 Å². The van der Waals surface area contributed by atoms with Crippen molar-refractivity contribution in [1.29, 1.82) is 0 Å². The van der Waals surface area contributed by atoms with Gasteiger partial charge in [-0.1, -0.05) is 30.3 Å². The van der Waals surface area contributed by atoms with Crippen molar-refractivity contribution in [1.82, 2.24) is 15.1 Å². The molecule has 0 unspecified atom stereocenters. The fourth-order valence-corrected chi connectivity index (χ4v) is 3.91. The van der Waals surface area contributed by atoms with E-state index in [1.807, 2.05) is 17.9 Å². The zero-order valence-electron chi connectivity index (χ0n) is 14.6. The molecular formula is C19H27N3O2. The zero-order chi connectivity index (χ0) is 17.1. The Morgan fingerprint density at radius 2 is 2.08 bits per heavy atom. The molecule has 24 heavy (non-hydrogen) atoms. The standard InChI is InChI=1S/C19H27N3O2/c1-3-22(19(24)17-9-10-18(23)20-17)16-11-12-21(13-16)14(2)15-7-5-4-6-8-15/h4-8,14,16-17H,3,9-13H2,1-2H3,(H,20,23)/t14-,16-,17+/m1/s1. The average Bonchev–Trinajstić information content (AvgIpc) is 3.25. The minimum Gasteiger partial charge on any atom is -0.344 e. The number of carbonyl (C=O) groups is 2. The molecule has 1 N–H and O–H groups in total. The van der Waals surface area contributed by atoms with E-state index in [1.54, 1.807) is 0 Å². The van der Waals surface area contributed by atoms with Crippen LogP contribution in [0.1, 0.15) is 44.7 Å². The van der Waals surface area contributed by atoms with Crippen LogP contribution in [0, 0.1) is 0 Å². The van der Waals surface area contributed by atoms with E-state index in [0.717, 1.165) is 19.5 Å². The lowest BCUT2D eigenvalue weighted by molar-refractivity contribution is -0.136. The molecule has 2 saturated heterocycles. The van der Waals surface area contributed by atoms with E-state index in [-0.39, 0.29) is 23.9 Å². The topological polar surface area (TPSA) is 52.7 Å². The third kappa shape index (κ3) is 3.46. The third-order valence-corrected chi connectivity index (χ3v) is 5.38. The average molecular weight is 329 g/mol. The van der Waals surface area contributed by atoms with E-state index in [9.17, 15) is 9.59 Å². The number of rotatable bonds is 5. The highest BCUT2D eigenvalue weighted by molar-refractivity contribution is 5.91. The molecule has 2 heterocycles. The van der Waals surface area contributed by atoms with Crippen LogP contribution in [0.2, 0.25) is 0 Å². The van der Waals surface area contributed by atoms with Crippen molar-refractivity contribution in [2.24, 2.45) is 0 Å². The molecule has 0 radical (unpaired) electrons. The van der Waals surface area contributed by atoms with E-state index >= 15 is 0 Å². The summed E-state index contributed by atoms with van der Waals surface area (Å²) in [6, 6.07) is 10.8. The Hall–Kier alpha value is -1.88. The number of likely N-dealkylation sites (tertiary alicyclic amines) is 1. The second kappa shape index (κ2) is 7.34. The van der Waals surface area contributed by atoms with E-state index in [1.165, 1.54) is 5.56 Å². The Morgan fingerprint density at radius 1 is 1.33 bits per heavy atom. The van der Waals surface area contributed by atoms with Gasteiger partial charge in [-0.3, -0.25) is 14.5 Å². The van der Waals surface area contributed by atoms with Gasteiger partial charge < -0.3 is 10.2 Å². The lowest BCUT2D eigenvalue weighted by atomic mass is 10.1. The molecule has 0 aliphatic carbocycles. The molecule has 1 aromatic rings. The van der Waals surface area contributed by atoms with Crippen LogP contribution in [0.5, 0.6) is 0 Å². The van der Waals surface area contributed by atoms with Gasteiger partial charge in [0.1, 0.15) is 6.04 Å². The summed E-state index contributed by atoms with van der Waals surface area (Å²) in [7, 11) is 0. The third-order valence-electron chi connectivity index (χ3n) is 5.38.